The number of nitrogens with zero attached hydrogens (tertiary/aromatic N) is 2. The number of rotatable bonds is 3. The Morgan fingerprint density at radius 1 is 1.38 bits per heavy atom. The minimum atomic E-state index is -1.08. The smallest absolute Gasteiger partial charge is 0.352 e. The zero-order valence-electron chi connectivity index (χ0n) is 11.8. The van der Waals surface area contributed by atoms with Crippen LogP contribution in [0.4, 0.5) is 5.69 Å². The molecule has 0 fully saturated rings. The van der Waals surface area contributed by atoms with E-state index in [9.17, 15) is 19.7 Å². The van der Waals surface area contributed by atoms with Gasteiger partial charge in [-0.05, 0) is 18.6 Å². The number of hydrogen-bond donors (Lipinski definition) is 2. The molecule has 2 aromatic rings. The maximum Gasteiger partial charge on any atom is 0.352 e. The number of carboxylic acids is 1. The third-order valence-corrected chi connectivity index (χ3v) is 2.56. The Labute approximate surface area is 120 Å². The van der Waals surface area contributed by atoms with Crippen LogP contribution in [0.15, 0.2) is 18.2 Å². The van der Waals surface area contributed by atoms with Gasteiger partial charge in [-0.1, -0.05) is 0 Å². The van der Waals surface area contributed by atoms with Gasteiger partial charge in [0.15, 0.2) is 0 Å². The van der Waals surface area contributed by atoms with Gasteiger partial charge in [0.2, 0.25) is 6.41 Å². The Kier molecular flexibility index (Phi) is 5.01. The lowest BCUT2D eigenvalue weighted by molar-refractivity contribution is -0.384. The van der Waals surface area contributed by atoms with Crippen LogP contribution >= 0.6 is 0 Å². The van der Waals surface area contributed by atoms with Gasteiger partial charge >= 0.3 is 5.97 Å². The minimum absolute atomic E-state index is 0.0265. The molecule has 0 aliphatic rings. The summed E-state index contributed by atoms with van der Waals surface area (Å²) in [5.74, 6) is -1.08. The number of aromatic nitrogens is 1. The fourth-order valence-electron chi connectivity index (χ4n) is 1.63. The van der Waals surface area contributed by atoms with E-state index in [1.807, 2.05) is 0 Å². The Morgan fingerprint density at radius 2 is 1.95 bits per heavy atom. The Bertz CT molecular complexity index is 690. The van der Waals surface area contributed by atoms with Crippen molar-refractivity contribution >= 4 is 29.0 Å². The van der Waals surface area contributed by atoms with Crippen LogP contribution in [-0.4, -0.2) is 46.4 Å². The summed E-state index contributed by atoms with van der Waals surface area (Å²) in [6.45, 7) is 1.69. The molecular formula is C13H15N3O5. The normalized spacial score (nSPS) is 9.67. The summed E-state index contributed by atoms with van der Waals surface area (Å²) in [6, 6.07) is 4.15. The van der Waals surface area contributed by atoms with Crippen molar-refractivity contribution in [2.75, 3.05) is 14.1 Å². The maximum atomic E-state index is 10.7. The number of fused-ring (bicyclic) bond motifs is 1. The molecule has 0 spiro atoms. The van der Waals surface area contributed by atoms with E-state index in [2.05, 4.69) is 4.98 Å². The molecule has 0 aliphatic carbocycles. The summed E-state index contributed by atoms with van der Waals surface area (Å²) >= 11 is 0. The van der Waals surface area contributed by atoms with Crippen molar-refractivity contribution < 1.29 is 19.6 Å². The summed E-state index contributed by atoms with van der Waals surface area (Å²) in [4.78, 5) is 34.4. The van der Waals surface area contributed by atoms with Gasteiger partial charge in [0.25, 0.3) is 5.69 Å². The highest BCUT2D eigenvalue weighted by Gasteiger charge is 2.13. The summed E-state index contributed by atoms with van der Waals surface area (Å²) in [7, 11) is 3.38. The molecule has 2 rings (SSSR count). The number of benzene rings is 1. The second-order valence-corrected chi connectivity index (χ2v) is 4.54. The molecule has 1 amide bonds. The maximum absolute atomic E-state index is 10.7. The molecule has 0 saturated carbocycles. The van der Waals surface area contributed by atoms with E-state index < -0.39 is 10.9 Å². The van der Waals surface area contributed by atoms with Crippen LogP contribution in [0.1, 0.15) is 16.1 Å². The van der Waals surface area contributed by atoms with Crippen molar-refractivity contribution in [3.05, 3.63) is 39.6 Å². The summed E-state index contributed by atoms with van der Waals surface area (Å²) < 4.78 is 0. The SMILES string of the molecule is CN(C)C=O.Cc1cc([N+](=O)[O-])cc2cc(C(=O)O)[nH]c12. The van der Waals surface area contributed by atoms with E-state index in [1.165, 1.54) is 23.1 Å². The number of aromatic carboxylic acids is 1. The van der Waals surface area contributed by atoms with Gasteiger partial charge in [0, 0.05) is 37.1 Å². The molecule has 0 radical (unpaired) electrons. The molecule has 1 aromatic heterocycles. The summed E-state index contributed by atoms with van der Waals surface area (Å²) in [6.07, 6.45) is 0.750. The highest BCUT2D eigenvalue weighted by atomic mass is 16.6. The predicted molar refractivity (Wildman–Crippen MR) is 76.4 cm³/mol. The molecule has 8 nitrogen and oxygen atoms in total. The van der Waals surface area contributed by atoms with Crippen LogP contribution in [0, 0.1) is 17.0 Å². The molecule has 2 N–H and O–H groups in total. The number of nitro benzene ring substituents is 1. The first kappa shape index (κ1) is 16.2. The Hall–Kier alpha value is -2.90. The zero-order valence-corrected chi connectivity index (χ0v) is 11.8. The van der Waals surface area contributed by atoms with Crippen molar-refractivity contribution in [3.8, 4) is 0 Å². The highest BCUT2D eigenvalue weighted by molar-refractivity contribution is 5.95. The highest BCUT2D eigenvalue weighted by Crippen LogP contribution is 2.25. The fraction of sp³-hybridized carbons (Fsp3) is 0.231. The van der Waals surface area contributed by atoms with Crippen LogP contribution in [-0.2, 0) is 4.79 Å². The molecule has 8 heteroatoms. The topological polar surface area (TPSA) is 117 Å². The first-order valence-electron chi connectivity index (χ1n) is 5.89. The molecule has 0 saturated heterocycles. The lowest BCUT2D eigenvalue weighted by atomic mass is 10.1. The number of carbonyl (C=O) groups excluding carboxylic acids is 1. The fourth-order valence-corrected chi connectivity index (χ4v) is 1.63. The zero-order chi connectivity index (χ0) is 16.2. The molecule has 0 aliphatic heterocycles. The number of H-pyrrole nitrogens is 1. The van der Waals surface area contributed by atoms with Gasteiger partial charge in [0.1, 0.15) is 5.69 Å². The molecule has 0 bridgehead atoms. The predicted octanol–water partition coefficient (Wildman–Crippen LogP) is 1.79. The number of carboxylic acid groups (broad SMARTS) is 1. The quantitative estimate of drug-likeness (QED) is 0.508. The van der Waals surface area contributed by atoms with Crippen molar-refractivity contribution in [3.63, 3.8) is 0 Å². The van der Waals surface area contributed by atoms with Crippen LogP contribution in [0.25, 0.3) is 10.9 Å². The average molecular weight is 293 g/mol. The Morgan fingerprint density at radius 3 is 2.38 bits per heavy atom. The van der Waals surface area contributed by atoms with Gasteiger partial charge in [-0.15, -0.1) is 0 Å². The van der Waals surface area contributed by atoms with E-state index in [1.54, 1.807) is 21.0 Å². The van der Waals surface area contributed by atoms with Crippen LogP contribution in [0.2, 0.25) is 0 Å². The van der Waals surface area contributed by atoms with Crippen molar-refractivity contribution in [1.82, 2.24) is 9.88 Å². The van der Waals surface area contributed by atoms with E-state index in [4.69, 9.17) is 5.11 Å². The molecule has 0 unspecified atom stereocenters. The first-order chi connectivity index (χ1) is 9.76. The van der Waals surface area contributed by atoms with Gasteiger partial charge < -0.3 is 15.0 Å². The van der Waals surface area contributed by atoms with Gasteiger partial charge in [-0.2, -0.15) is 0 Å². The van der Waals surface area contributed by atoms with Crippen molar-refractivity contribution in [1.29, 1.82) is 0 Å². The van der Waals surface area contributed by atoms with Crippen molar-refractivity contribution in [2.45, 2.75) is 6.92 Å². The molecule has 1 aromatic carbocycles. The van der Waals surface area contributed by atoms with Crippen LogP contribution < -0.4 is 0 Å². The number of non-ortho nitro benzene ring substituents is 1. The number of nitrogens with one attached hydrogen (secondary N) is 1. The van der Waals surface area contributed by atoms with E-state index >= 15 is 0 Å². The summed E-state index contributed by atoms with van der Waals surface area (Å²) in [5.41, 5.74) is 1.25. The van der Waals surface area contributed by atoms with Crippen molar-refractivity contribution in [2.24, 2.45) is 0 Å². The van der Waals surface area contributed by atoms with Crippen LogP contribution in [0.5, 0.6) is 0 Å². The number of aryl methyl sites for hydroxylation is 1. The molecule has 21 heavy (non-hydrogen) atoms. The second-order valence-electron chi connectivity index (χ2n) is 4.54. The monoisotopic (exact) mass is 293 g/mol. The lowest BCUT2D eigenvalue weighted by Crippen LogP contribution is -2.06. The lowest BCUT2D eigenvalue weighted by Gasteiger charge is -1.96. The van der Waals surface area contributed by atoms with Gasteiger partial charge in [-0.3, -0.25) is 14.9 Å². The number of carbonyl (C=O) groups is 2. The van der Waals surface area contributed by atoms with Gasteiger partial charge in [-0.25, -0.2) is 4.79 Å². The summed E-state index contributed by atoms with van der Waals surface area (Å²) in [5, 5.41) is 19.9. The number of hydrogen-bond acceptors (Lipinski definition) is 4. The third kappa shape index (κ3) is 4.03. The Balaban J connectivity index is 0.000000383. The standard InChI is InChI=1S/C10H8N2O4.C3H7NO/c1-5-2-7(12(15)16)3-6-4-8(10(13)14)11-9(5)6;1-4(2)3-5/h2-4,11H,1H3,(H,13,14);3H,1-2H3. The molecule has 0 atom stereocenters. The molecule has 1 heterocycles. The average Bonchev–Trinajstić information content (AvgIpc) is 2.84. The minimum Gasteiger partial charge on any atom is -0.477 e. The van der Waals surface area contributed by atoms with Crippen LogP contribution in [0.3, 0.4) is 0 Å². The third-order valence-electron chi connectivity index (χ3n) is 2.56. The first-order valence-corrected chi connectivity index (χ1v) is 5.89. The number of aromatic amines is 1. The largest absolute Gasteiger partial charge is 0.477 e. The molecule has 112 valence electrons. The van der Waals surface area contributed by atoms with E-state index in [-0.39, 0.29) is 11.4 Å². The number of amides is 1. The molecular weight excluding hydrogens is 278 g/mol. The van der Waals surface area contributed by atoms with Gasteiger partial charge in [0.05, 0.1) is 4.92 Å². The number of nitro groups is 1. The van der Waals surface area contributed by atoms with E-state index in [0.29, 0.717) is 16.5 Å². The van der Waals surface area contributed by atoms with E-state index in [0.717, 1.165) is 6.41 Å². The second kappa shape index (κ2) is 6.51.